The van der Waals surface area contributed by atoms with E-state index in [2.05, 4.69) is 90.9 Å². The van der Waals surface area contributed by atoms with Crippen molar-refractivity contribution in [2.24, 2.45) is 0 Å². The molecule has 0 aromatic rings. The molecule has 3 nitrogen and oxygen atoms in total. The van der Waals surface area contributed by atoms with Crippen LogP contribution in [0.2, 0.25) is 26.2 Å². The molecule has 0 aromatic heterocycles. The molecule has 0 spiro atoms. The van der Waals surface area contributed by atoms with E-state index < -0.39 is 16.6 Å². The van der Waals surface area contributed by atoms with E-state index in [1.54, 1.807) is 0 Å². The zero-order chi connectivity index (χ0) is 16.5. The molecule has 0 unspecified atom stereocenters. The minimum atomic E-state index is -1.76. The maximum atomic E-state index is 7.50. The van der Waals surface area contributed by atoms with Gasteiger partial charge in [-0.1, -0.05) is 0 Å². The fourth-order valence-electron chi connectivity index (χ4n) is 2.31. The fourth-order valence-corrected chi connectivity index (χ4v) is 10.3. The summed E-state index contributed by atoms with van der Waals surface area (Å²) in [7, 11) is -3.51. The number of rotatable bonds is 4. The molecule has 2 rings (SSSR count). The quantitative estimate of drug-likeness (QED) is 0.429. The average Bonchev–Trinajstić information content (AvgIpc) is 3.16. The van der Waals surface area contributed by atoms with E-state index in [9.17, 15) is 0 Å². The molecule has 0 N–H and O–H groups in total. The van der Waals surface area contributed by atoms with E-state index >= 15 is 0 Å². The maximum absolute atomic E-state index is 7.50. The van der Waals surface area contributed by atoms with Gasteiger partial charge in [0.2, 0.25) is 0 Å². The Morgan fingerprint density at radius 2 is 0.909 bits per heavy atom. The van der Waals surface area contributed by atoms with Crippen molar-refractivity contribution in [1.29, 1.82) is 0 Å². The second kappa shape index (κ2) is 12.0. The van der Waals surface area contributed by atoms with Crippen LogP contribution in [0.1, 0.15) is 0 Å². The van der Waals surface area contributed by atoms with Gasteiger partial charge < -0.3 is 4.12 Å². The molecule has 114 valence electrons. The fraction of sp³-hybridized carbons (Fsp3) is 0.250. The van der Waals surface area contributed by atoms with Crippen LogP contribution in [-0.2, 0) is 35.1 Å². The van der Waals surface area contributed by atoms with Crippen LogP contribution in [0.25, 0.3) is 0 Å². The van der Waals surface area contributed by atoms with Gasteiger partial charge in [0.15, 0.2) is 16.6 Å². The van der Waals surface area contributed by atoms with Crippen molar-refractivity contribution in [2.75, 3.05) is 0 Å². The monoisotopic (exact) mass is 364 g/mol. The topological polar surface area (TPSA) is 49.0 Å². The third-order valence-electron chi connectivity index (χ3n) is 3.23. The molecular formula is C16H20O3Si2Ti. The third kappa shape index (κ3) is 7.44. The molecule has 0 amide bonds. The molecule has 2 saturated carbocycles. The van der Waals surface area contributed by atoms with E-state index in [1.807, 2.05) is 0 Å². The first-order valence-corrected chi connectivity index (χ1v) is 12.3. The summed E-state index contributed by atoms with van der Waals surface area (Å²) in [5.74, 6) is 0. The molecule has 0 bridgehead atoms. The van der Waals surface area contributed by atoms with Crippen molar-refractivity contribution in [2.45, 2.75) is 26.2 Å². The van der Waals surface area contributed by atoms with Crippen LogP contribution in [-0.4, -0.2) is 16.6 Å². The minimum Gasteiger partial charge on any atom is 0 e. The Labute approximate surface area is 153 Å². The third-order valence-corrected chi connectivity index (χ3v) is 10.8. The molecular weight excluding hydrogens is 344 g/mol. The Morgan fingerprint density at radius 3 is 1.14 bits per heavy atom. The Kier molecular flexibility index (Phi) is 13.6. The Morgan fingerprint density at radius 1 is 0.682 bits per heavy atom. The molecule has 0 heterocycles. The largest absolute Gasteiger partial charge is 0 e. The van der Waals surface area contributed by atoms with Gasteiger partial charge in [0.05, 0.1) is 0 Å². The van der Waals surface area contributed by atoms with Gasteiger partial charge >= 0.3 is 22.6 Å². The Balaban J connectivity index is 0. The van der Waals surface area contributed by atoms with Crippen LogP contribution in [0, 0.1) is 75.7 Å². The SMILES string of the molecule is C[Si](C)(O[Si](C)(C)[C]1[CH][CH][CH][CH]1)[C]1[CH][CH][CH][CH]1.[C-]#[O+].[C-]#[O+].[Ti]. The summed E-state index contributed by atoms with van der Waals surface area (Å²) >= 11 is 0. The first kappa shape index (κ1) is 24.8. The van der Waals surface area contributed by atoms with Crippen molar-refractivity contribution in [3.63, 3.8) is 0 Å². The van der Waals surface area contributed by atoms with Crippen molar-refractivity contribution in [3.8, 4) is 0 Å². The molecule has 0 aromatic carbocycles. The zero-order valence-electron chi connectivity index (χ0n) is 13.3. The van der Waals surface area contributed by atoms with Gasteiger partial charge in [0.25, 0.3) is 0 Å². The maximum Gasteiger partial charge on any atom is 0 e. The summed E-state index contributed by atoms with van der Waals surface area (Å²) in [6.45, 7) is 18.2. The smallest absolute Gasteiger partial charge is 0 e. The Hall–Kier alpha value is 0.588. The van der Waals surface area contributed by atoms with Gasteiger partial charge in [0, 0.05) is 32.8 Å². The van der Waals surface area contributed by atoms with Crippen molar-refractivity contribution in [1.82, 2.24) is 0 Å². The number of hydrogen-bond donors (Lipinski definition) is 0. The van der Waals surface area contributed by atoms with E-state index in [-0.39, 0.29) is 21.7 Å². The standard InChI is InChI=1S/C14H20OSi2.2CO.Ti/c1-16(2,13-9-5-6-10-13)15-17(3,4)14-11-7-8-12-14;2*1-2;/h5-12H,1-4H3;;;. The molecule has 0 atom stereocenters. The van der Waals surface area contributed by atoms with E-state index in [0.29, 0.717) is 0 Å². The second-order valence-electron chi connectivity index (χ2n) is 5.47. The molecule has 10 radical (unpaired) electrons. The molecule has 6 heteroatoms. The van der Waals surface area contributed by atoms with E-state index in [0.717, 1.165) is 0 Å². The predicted octanol–water partition coefficient (Wildman–Crippen LogP) is 3.22. The Bertz CT molecular complexity index is 299. The van der Waals surface area contributed by atoms with Gasteiger partial charge in [-0.25, -0.2) is 0 Å². The summed E-state index contributed by atoms with van der Waals surface area (Å²) < 4.78 is 21.6. The predicted molar refractivity (Wildman–Crippen MR) is 84.8 cm³/mol. The van der Waals surface area contributed by atoms with Gasteiger partial charge in [-0.05, 0) is 77.6 Å². The molecule has 0 aliphatic heterocycles. The number of hydrogen-bond acceptors (Lipinski definition) is 1. The molecule has 22 heavy (non-hydrogen) atoms. The summed E-state index contributed by atoms with van der Waals surface area (Å²) in [6, 6.07) is 0. The molecule has 2 aliphatic rings. The van der Waals surface area contributed by atoms with E-state index in [1.165, 1.54) is 11.1 Å². The van der Waals surface area contributed by atoms with Crippen LogP contribution in [0.15, 0.2) is 0 Å². The van der Waals surface area contributed by atoms with Gasteiger partial charge in [-0.15, -0.1) is 0 Å². The summed E-state index contributed by atoms with van der Waals surface area (Å²) in [5, 5.41) is 0. The van der Waals surface area contributed by atoms with Crippen molar-refractivity contribution in [3.05, 3.63) is 75.7 Å². The van der Waals surface area contributed by atoms with Gasteiger partial charge in [-0.2, -0.15) is 0 Å². The minimum absolute atomic E-state index is 0. The van der Waals surface area contributed by atoms with E-state index in [4.69, 9.17) is 13.4 Å². The zero-order valence-corrected chi connectivity index (χ0v) is 16.9. The molecule has 2 fully saturated rings. The van der Waals surface area contributed by atoms with Crippen LogP contribution >= 0.6 is 0 Å². The van der Waals surface area contributed by atoms with Crippen LogP contribution in [0.3, 0.4) is 0 Å². The summed E-state index contributed by atoms with van der Waals surface area (Å²) in [5.41, 5.74) is 2.79. The average molecular weight is 364 g/mol. The van der Waals surface area contributed by atoms with Crippen LogP contribution in [0.5, 0.6) is 0 Å². The van der Waals surface area contributed by atoms with Crippen molar-refractivity contribution >= 4 is 16.6 Å². The van der Waals surface area contributed by atoms with Crippen LogP contribution in [0.4, 0.5) is 0 Å². The van der Waals surface area contributed by atoms with Gasteiger partial charge in [-0.3, -0.25) is 0 Å². The normalized spacial score (nSPS) is 19.3. The first-order valence-electron chi connectivity index (χ1n) is 6.47. The molecule has 2 aliphatic carbocycles. The summed E-state index contributed by atoms with van der Waals surface area (Å²) in [6.07, 6.45) is 17.2. The first-order chi connectivity index (χ1) is 9.92. The second-order valence-corrected chi connectivity index (χ2v) is 13.5. The molecule has 0 saturated heterocycles. The van der Waals surface area contributed by atoms with Gasteiger partial charge in [0.1, 0.15) is 0 Å². The van der Waals surface area contributed by atoms with Crippen molar-refractivity contribution < 1.29 is 35.1 Å². The summed E-state index contributed by atoms with van der Waals surface area (Å²) in [4.78, 5) is 0. The van der Waals surface area contributed by atoms with Crippen LogP contribution < -0.4 is 0 Å².